The molecule has 0 aliphatic heterocycles. The molecule has 3 heterocycles. The van der Waals surface area contributed by atoms with Crippen LogP contribution in [0.1, 0.15) is 0 Å². The molecule has 4 N–H and O–H groups in total. The number of thiazole rings is 1. The zero-order valence-electron chi connectivity index (χ0n) is 16.9. The summed E-state index contributed by atoms with van der Waals surface area (Å²) in [5, 5.41) is 7.66. The number of nitroso groups, excluding NO2 is 1. The Hall–Kier alpha value is -4.10. The number of rotatable bonds is 6. The van der Waals surface area contributed by atoms with E-state index in [1.54, 1.807) is 7.11 Å². The van der Waals surface area contributed by atoms with Crippen LogP contribution in [0.4, 0.5) is 22.6 Å². The van der Waals surface area contributed by atoms with Gasteiger partial charge < -0.3 is 20.8 Å². The topological polar surface area (TPSA) is 165 Å². The average molecular weight is 482 g/mol. The van der Waals surface area contributed by atoms with Crippen molar-refractivity contribution in [1.29, 1.82) is 0 Å². The Balaban J connectivity index is 1.53. The van der Waals surface area contributed by atoms with Gasteiger partial charge in [0.05, 0.1) is 29.1 Å². The molecule has 0 bridgehead atoms. The van der Waals surface area contributed by atoms with E-state index >= 15 is 0 Å². The third kappa shape index (κ3) is 3.62. The predicted octanol–water partition coefficient (Wildman–Crippen LogP) is 4.13. The number of sulfone groups is 1. The zero-order chi connectivity index (χ0) is 23.2. The average Bonchev–Trinajstić information content (AvgIpc) is 3.43. The first kappa shape index (κ1) is 20.8. The van der Waals surface area contributed by atoms with Gasteiger partial charge in [0.15, 0.2) is 5.13 Å². The number of nitrogens with one attached hydrogen (secondary N) is 2. The van der Waals surface area contributed by atoms with Crippen LogP contribution in [-0.2, 0) is 9.84 Å². The number of nitrogens with two attached hydrogens (primary N) is 1. The number of aromatic nitrogens is 4. The van der Waals surface area contributed by atoms with E-state index in [4.69, 9.17) is 10.5 Å². The number of methoxy groups -OCH3 is 1. The highest BCUT2D eigenvalue weighted by atomic mass is 32.2. The molecule has 166 valence electrons. The van der Waals surface area contributed by atoms with Gasteiger partial charge in [0.1, 0.15) is 27.1 Å². The first-order valence-electron chi connectivity index (χ1n) is 9.43. The number of anilines is 3. The fourth-order valence-electron chi connectivity index (χ4n) is 3.36. The van der Waals surface area contributed by atoms with Crippen LogP contribution >= 0.6 is 11.3 Å². The summed E-state index contributed by atoms with van der Waals surface area (Å²) in [7, 11) is -2.24. The van der Waals surface area contributed by atoms with Crippen LogP contribution in [0, 0.1) is 4.91 Å². The highest BCUT2D eigenvalue weighted by molar-refractivity contribution is 7.93. The van der Waals surface area contributed by atoms with Crippen LogP contribution in [0.25, 0.3) is 21.9 Å². The molecule has 0 radical (unpaired) electrons. The monoisotopic (exact) mass is 481 g/mol. The van der Waals surface area contributed by atoms with Crippen LogP contribution in [0.15, 0.2) is 62.9 Å². The van der Waals surface area contributed by atoms with E-state index < -0.39 is 9.84 Å². The second-order valence-electron chi connectivity index (χ2n) is 6.89. The van der Waals surface area contributed by atoms with Gasteiger partial charge in [-0.2, -0.15) is 9.97 Å². The lowest BCUT2D eigenvalue weighted by Gasteiger charge is -2.05. The van der Waals surface area contributed by atoms with Crippen molar-refractivity contribution in [2.24, 2.45) is 5.18 Å². The Kier molecular flexibility index (Phi) is 4.91. The minimum Gasteiger partial charge on any atom is -0.497 e. The van der Waals surface area contributed by atoms with Crippen molar-refractivity contribution < 1.29 is 13.2 Å². The van der Waals surface area contributed by atoms with Gasteiger partial charge in [-0.15, -0.1) is 4.91 Å². The molecule has 3 aromatic heterocycles. The number of nitrogen functional groups attached to an aromatic ring is 1. The highest BCUT2D eigenvalue weighted by Gasteiger charge is 2.22. The maximum Gasteiger partial charge on any atom is 0.224 e. The number of benzene rings is 2. The first-order chi connectivity index (χ1) is 15.9. The van der Waals surface area contributed by atoms with Gasteiger partial charge in [0.2, 0.25) is 15.8 Å². The lowest BCUT2D eigenvalue weighted by atomic mass is 10.2. The van der Waals surface area contributed by atoms with E-state index in [0.29, 0.717) is 27.7 Å². The summed E-state index contributed by atoms with van der Waals surface area (Å²) < 4.78 is 31.2. The SMILES string of the molecule is COc1ccc2c(c1)[nH]c1nc(N)nc(Nc3ncc(S(=O)(=O)c4ccc(N=O)cc4)s3)c12. The van der Waals surface area contributed by atoms with E-state index in [0.717, 1.165) is 22.2 Å². The summed E-state index contributed by atoms with van der Waals surface area (Å²) in [6.07, 6.45) is 1.26. The number of H-pyrrole nitrogens is 1. The van der Waals surface area contributed by atoms with Crippen molar-refractivity contribution in [3.8, 4) is 5.75 Å². The van der Waals surface area contributed by atoms with Gasteiger partial charge in [-0.25, -0.2) is 13.4 Å². The quantitative estimate of drug-likeness (QED) is 0.302. The van der Waals surface area contributed by atoms with E-state index in [1.165, 1.54) is 30.5 Å². The molecular formula is C20H15N7O4S2. The third-order valence-corrected chi connectivity index (χ3v) is 8.05. The highest BCUT2D eigenvalue weighted by Crippen LogP contribution is 2.35. The first-order valence-corrected chi connectivity index (χ1v) is 11.7. The van der Waals surface area contributed by atoms with Crippen LogP contribution in [0.2, 0.25) is 0 Å². The number of fused-ring (bicyclic) bond motifs is 3. The molecular weight excluding hydrogens is 466 g/mol. The molecule has 0 fully saturated rings. The Bertz CT molecular complexity index is 1630. The Morgan fingerprint density at radius 3 is 2.67 bits per heavy atom. The predicted molar refractivity (Wildman–Crippen MR) is 125 cm³/mol. The third-order valence-electron chi connectivity index (χ3n) is 4.90. The van der Waals surface area contributed by atoms with Crippen molar-refractivity contribution in [2.75, 3.05) is 18.2 Å². The number of ether oxygens (including phenoxy) is 1. The van der Waals surface area contributed by atoms with Gasteiger partial charge in [0.25, 0.3) is 0 Å². The van der Waals surface area contributed by atoms with Gasteiger partial charge >= 0.3 is 0 Å². The molecule has 11 nitrogen and oxygen atoms in total. The molecule has 0 amide bonds. The van der Waals surface area contributed by atoms with Crippen LogP contribution in [-0.4, -0.2) is 35.5 Å². The molecule has 0 atom stereocenters. The summed E-state index contributed by atoms with van der Waals surface area (Å²) in [6.45, 7) is 0. The summed E-state index contributed by atoms with van der Waals surface area (Å²) in [5.41, 5.74) is 7.32. The number of aromatic amines is 1. The van der Waals surface area contributed by atoms with Gasteiger partial charge in [-0.1, -0.05) is 11.3 Å². The molecule has 0 spiro atoms. The van der Waals surface area contributed by atoms with Gasteiger partial charge in [-0.05, 0) is 41.6 Å². The standard InChI is InChI=1S/C20H15N7O4S2/c1-31-11-4-7-13-14(8-11)23-17-16(13)18(25-19(21)24-17)26-20-22-9-15(32-20)33(29,30)12-5-2-10(27-28)3-6-12/h2-9H,1H3,(H4,21,22,23,24,25,26). The summed E-state index contributed by atoms with van der Waals surface area (Å²) in [4.78, 5) is 26.5. The molecule has 0 saturated carbocycles. The molecule has 5 rings (SSSR count). The smallest absolute Gasteiger partial charge is 0.224 e. The van der Waals surface area contributed by atoms with Crippen LogP contribution < -0.4 is 15.8 Å². The van der Waals surface area contributed by atoms with Crippen molar-refractivity contribution >= 4 is 65.7 Å². The van der Waals surface area contributed by atoms with E-state index in [9.17, 15) is 13.3 Å². The minimum absolute atomic E-state index is 0.0266. The second kappa shape index (κ2) is 7.79. The molecule has 0 unspecified atom stereocenters. The second-order valence-corrected chi connectivity index (χ2v) is 10.1. The summed E-state index contributed by atoms with van der Waals surface area (Å²) in [5.74, 6) is 1.10. The molecule has 13 heteroatoms. The number of nitrogens with zero attached hydrogens (tertiary/aromatic N) is 4. The van der Waals surface area contributed by atoms with Crippen LogP contribution in [0.3, 0.4) is 0 Å². The number of hydrogen-bond acceptors (Lipinski definition) is 11. The van der Waals surface area contributed by atoms with E-state index in [-0.39, 0.29) is 20.7 Å². The minimum atomic E-state index is -3.82. The maximum absolute atomic E-state index is 12.9. The summed E-state index contributed by atoms with van der Waals surface area (Å²) >= 11 is 0.941. The lowest BCUT2D eigenvalue weighted by Crippen LogP contribution is -2.00. The molecule has 5 aromatic rings. The van der Waals surface area contributed by atoms with Gasteiger partial charge in [-0.3, -0.25) is 0 Å². The van der Waals surface area contributed by atoms with Crippen molar-refractivity contribution in [1.82, 2.24) is 19.9 Å². The fraction of sp³-hybridized carbons (Fsp3) is 0.0500. The van der Waals surface area contributed by atoms with Crippen molar-refractivity contribution in [2.45, 2.75) is 9.10 Å². The maximum atomic E-state index is 12.9. The zero-order valence-corrected chi connectivity index (χ0v) is 18.6. The lowest BCUT2D eigenvalue weighted by molar-refractivity contribution is 0.415. The largest absolute Gasteiger partial charge is 0.497 e. The van der Waals surface area contributed by atoms with Gasteiger partial charge in [0, 0.05) is 11.5 Å². The normalized spacial score (nSPS) is 11.7. The van der Waals surface area contributed by atoms with E-state index in [1.807, 2.05) is 18.2 Å². The van der Waals surface area contributed by atoms with Crippen LogP contribution in [0.5, 0.6) is 5.75 Å². The Morgan fingerprint density at radius 1 is 1.15 bits per heavy atom. The number of hydrogen-bond donors (Lipinski definition) is 3. The molecule has 0 aliphatic rings. The Morgan fingerprint density at radius 2 is 1.94 bits per heavy atom. The molecule has 0 aliphatic carbocycles. The summed E-state index contributed by atoms with van der Waals surface area (Å²) in [6, 6.07) is 10.8. The molecule has 0 saturated heterocycles. The Labute approximate surface area is 190 Å². The van der Waals surface area contributed by atoms with E-state index in [2.05, 4.69) is 30.4 Å². The fourth-order valence-corrected chi connectivity index (χ4v) is 5.79. The van der Waals surface area contributed by atoms with Crippen molar-refractivity contribution in [3.63, 3.8) is 0 Å². The molecule has 33 heavy (non-hydrogen) atoms. The molecule has 2 aromatic carbocycles. The van der Waals surface area contributed by atoms with Crippen molar-refractivity contribution in [3.05, 3.63) is 53.6 Å².